The van der Waals surface area contributed by atoms with Crippen LogP contribution in [0.2, 0.25) is 0 Å². The number of halogens is 3. The Morgan fingerprint density at radius 2 is 2.00 bits per heavy atom. The van der Waals surface area contributed by atoms with Crippen molar-refractivity contribution in [2.75, 3.05) is 13.1 Å². The second-order valence-electron chi connectivity index (χ2n) is 4.56. The number of hydrogen-bond donors (Lipinski definition) is 1. The highest BCUT2D eigenvalue weighted by molar-refractivity contribution is 5.94. The van der Waals surface area contributed by atoms with E-state index in [1.165, 1.54) is 16.7 Å². The second kappa shape index (κ2) is 5.98. The summed E-state index contributed by atoms with van der Waals surface area (Å²) in [6.07, 6.45) is -3.09. The zero-order valence-electron chi connectivity index (χ0n) is 11.0. The van der Waals surface area contributed by atoms with Crippen molar-refractivity contribution in [3.05, 3.63) is 24.0 Å². The standard InChI is InChI=1S/C12H15F3N2O3/c1-8(2)17-5-3-4-9(17)11(20)16(6-10(18)19)7-12(13,14)15/h3-5,8H,6-7H2,1-2H3,(H,18,19). The van der Waals surface area contributed by atoms with Crippen LogP contribution in [0.3, 0.4) is 0 Å². The van der Waals surface area contributed by atoms with Crippen LogP contribution in [0.5, 0.6) is 0 Å². The first-order valence-electron chi connectivity index (χ1n) is 5.86. The Morgan fingerprint density at radius 1 is 1.40 bits per heavy atom. The van der Waals surface area contributed by atoms with Gasteiger partial charge < -0.3 is 14.6 Å². The van der Waals surface area contributed by atoms with E-state index < -0.39 is 31.1 Å². The van der Waals surface area contributed by atoms with E-state index in [-0.39, 0.29) is 16.6 Å². The molecule has 1 rings (SSSR count). The van der Waals surface area contributed by atoms with Gasteiger partial charge in [0.2, 0.25) is 0 Å². The highest BCUT2D eigenvalue weighted by Crippen LogP contribution is 2.19. The Kier molecular flexibility index (Phi) is 4.80. The molecule has 112 valence electrons. The molecule has 1 N–H and O–H groups in total. The minimum absolute atomic E-state index is 0.0329. The van der Waals surface area contributed by atoms with Crippen LogP contribution in [0, 0.1) is 0 Å². The molecule has 1 heterocycles. The average Bonchev–Trinajstić information content (AvgIpc) is 2.73. The number of carboxylic acid groups (broad SMARTS) is 1. The van der Waals surface area contributed by atoms with Crippen LogP contribution in [0.25, 0.3) is 0 Å². The van der Waals surface area contributed by atoms with Crippen molar-refractivity contribution in [1.82, 2.24) is 9.47 Å². The minimum Gasteiger partial charge on any atom is -0.480 e. The number of carbonyl (C=O) groups is 2. The Bertz CT molecular complexity index is 494. The number of carboxylic acids is 1. The lowest BCUT2D eigenvalue weighted by atomic mass is 10.3. The van der Waals surface area contributed by atoms with Crippen molar-refractivity contribution in [1.29, 1.82) is 0 Å². The van der Waals surface area contributed by atoms with Crippen LogP contribution >= 0.6 is 0 Å². The van der Waals surface area contributed by atoms with Crippen LogP contribution in [-0.2, 0) is 4.79 Å². The molecule has 8 heteroatoms. The molecule has 1 amide bonds. The third-order valence-corrected chi connectivity index (χ3v) is 2.54. The van der Waals surface area contributed by atoms with Crippen molar-refractivity contribution >= 4 is 11.9 Å². The number of rotatable bonds is 5. The van der Waals surface area contributed by atoms with E-state index in [1.54, 1.807) is 20.0 Å². The monoisotopic (exact) mass is 292 g/mol. The van der Waals surface area contributed by atoms with Gasteiger partial charge in [0.15, 0.2) is 0 Å². The Balaban J connectivity index is 3.03. The summed E-state index contributed by atoms with van der Waals surface area (Å²) in [6, 6.07) is 2.77. The van der Waals surface area contributed by atoms with Gasteiger partial charge in [0.1, 0.15) is 18.8 Å². The van der Waals surface area contributed by atoms with Gasteiger partial charge in [-0.15, -0.1) is 0 Å². The number of hydrogen-bond acceptors (Lipinski definition) is 2. The van der Waals surface area contributed by atoms with Gasteiger partial charge in [-0.05, 0) is 26.0 Å². The van der Waals surface area contributed by atoms with Gasteiger partial charge in [-0.3, -0.25) is 9.59 Å². The first-order valence-corrected chi connectivity index (χ1v) is 5.86. The number of alkyl halides is 3. The molecule has 0 saturated carbocycles. The van der Waals surface area contributed by atoms with Crippen molar-refractivity contribution in [2.45, 2.75) is 26.1 Å². The molecule has 20 heavy (non-hydrogen) atoms. The molecule has 0 spiro atoms. The molecule has 1 aromatic heterocycles. The highest BCUT2D eigenvalue weighted by atomic mass is 19.4. The van der Waals surface area contributed by atoms with Crippen molar-refractivity contribution in [2.24, 2.45) is 0 Å². The fraction of sp³-hybridized carbons (Fsp3) is 0.500. The number of carbonyl (C=O) groups excluding carboxylic acids is 1. The van der Waals surface area contributed by atoms with Gasteiger partial charge in [-0.1, -0.05) is 0 Å². The van der Waals surface area contributed by atoms with Gasteiger partial charge in [0.05, 0.1) is 0 Å². The van der Waals surface area contributed by atoms with Crippen LogP contribution < -0.4 is 0 Å². The lowest BCUT2D eigenvalue weighted by Gasteiger charge is -2.23. The molecule has 5 nitrogen and oxygen atoms in total. The number of aromatic nitrogens is 1. The van der Waals surface area contributed by atoms with E-state index in [1.807, 2.05) is 0 Å². The van der Waals surface area contributed by atoms with E-state index >= 15 is 0 Å². The van der Waals surface area contributed by atoms with Crippen LogP contribution in [0.15, 0.2) is 18.3 Å². The molecule has 0 aromatic carbocycles. The number of aliphatic carboxylic acids is 1. The lowest BCUT2D eigenvalue weighted by Crippen LogP contribution is -2.42. The third kappa shape index (κ3) is 4.29. The zero-order valence-corrected chi connectivity index (χ0v) is 11.0. The van der Waals surface area contributed by atoms with Gasteiger partial charge in [0.25, 0.3) is 5.91 Å². The summed E-state index contributed by atoms with van der Waals surface area (Å²) in [5, 5.41) is 8.64. The number of amides is 1. The molecule has 0 unspecified atom stereocenters. The smallest absolute Gasteiger partial charge is 0.406 e. The molecule has 0 aliphatic rings. The summed E-state index contributed by atoms with van der Waals surface area (Å²) in [4.78, 5) is 23.0. The topological polar surface area (TPSA) is 62.5 Å². The maximum atomic E-state index is 12.4. The second-order valence-corrected chi connectivity index (χ2v) is 4.56. The Morgan fingerprint density at radius 3 is 2.45 bits per heavy atom. The predicted molar refractivity (Wildman–Crippen MR) is 64.4 cm³/mol. The maximum Gasteiger partial charge on any atom is 0.406 e. The van der Waals surface area contributed by atoms with E-state index in [2.05, 4.69) is 0 Å². The Labute approximate surface area is 113 Å². The molecule has 1 aromatic rings. The van der Waals surface area contributed by atoms with Crippen LogP contribution in [0.1, 0.15) is 30.4 Å². The zero-order chi connectivity index (χ0) is 15.5. The normalized spacial score (nSPS) is 11.7. The number of nitrogens with zero attached hydrogens (tertiary/aromatic N) is 2. The third-order valence-electron chi connectivity index (χ3n) is 2.54. The van der Waals surface area contributed by atoms with Gasteiger partial charge in [-0.2, -0.15) is 13.2 Å². The predicted octanol–water partition coefficient (Wildman–Crippen LogP) is 2.16. The summed E-state index contributed by atoms with van der Waals surface area (Å²) in [6.45, 7) is 0.938. The molecule has 0 radical (unpaired) electrons. The van der Waals surface area contributed by atoms with Gasteiger partial charge >= 0.3 is 12.1 Å². The summed E-state index contributed by atoms with van der Waals surface area (Å²) in [7, 11) is 0. The fourth-order valence-corrected chi connectivity index (χ4v) is 1.77. The summed E-state index contributed by atoms with van der Waals surface area (Å²) >= 11 is 0. The van der Waals surface area contributed by atoms with Crippen molar-refractivity contribution < 1.29 is 27.9 Å². The van der Waals surface area contributed by atoms with Gasteiger partial charge in [-0.25, -0.2) is 0 Å². The molecule has 0 aliphatic heterocycles. The summed E-state index contributed by atoms with van der Waals surface area (Å²) in [5.74, 6) is -2.45. The first-order chi connectivity index (χ1) is 9.11. The van der Waals surface area contributed by atoms with E-state index in [9.17, 15) is 22.8 Å². The fourth-order valence-electron chi connectivity index (χ4n) is 1.77. The molecule has 0 aliphatic carbocycles. The largest absolute Gasteiger partial charge is 0.480 e. The van der Waals surface area contributed by atoms with Crippen molar-refractivity contribution in [3.63, 3.8) is 0 Å². The molecule has 0 fully saturated rings. The highest BCUT2D eigenvalue weighted by Gasteiger charge is 2.35. The lowest BCUT2D eigenvalue weighted by molar-refractivity contribution is -0.149. The molecule has 0 bridgehead atoms. The molecular formula is C12H15F3N2O3. The Hall–Kier alpha value is -1.99. The van der Waals surface area contributed by atoms with Gasteiger partial charge in [0, 0.05) is 12.2 Å². The molecule has 0 atom stereocenters. The van der Waals surface area contributed by atoms with Crippen LogP contribution in [-0.4, -0.2) is 45.7 Å². The van der Waals surface area contributed by atoms with E-state index in [0.717, 1.165) is 0 Å². The van der Waals surface area contributed by atoms with E-state index in [4.69, 9.17) is 5.11 Å². The first kappa shape index (κ1) is 16.1. The quantitative estimate of drug-likeness (QED) is 0.904. The maximum absolute atomic E-state index is 12.4. The van der Waals surface area contributed by atoms with Crippen molar-refractivity contribution in [3.8, 4) is 0 Å². The van der Waals surface area contributed by atoms with Crippen LogP contribution in [0.4, 0.5) is 13.2 Å². The summed E-state index contributed by atoms with van der Waals surface area (Å²) in [5.41, 5.74) is 0.0329. The molecular weight excluding hydrogens is 277 g/mol. The van der Waals surface area contributed by atoms with E-state index in [0.29, 0.717) is 0 Å². The average molecular weight is 292 g/mol. The minimum atomic E-state index is -4.65. The SMILES string of the molecule is CC(C)n1cccc1C(=O)N(CC(=O)O)CC(F)(F)F. The molecule has 0 saturated heterocycles. The summed E-state index contributed by atoms with van der Waals surface area (Å²) < 4.78 is 38.8.